The van der Waals surface area contributed by atoms with Crippen molar-refractivity contribution in [1.29, 1.82) is 0 Å². The number of carbonyl (C=O) groups excluding carboxylic acids is 3. The lowest BCUT2D eigenvalue weighted by Gasteiger charge is -2.37. The van der Waals surface area contributed by atoms with Gasteiger partial charge in [0.15, 0.2) is 6.10 Å². The highest BCUT2D eigenvalue weighted by atomic mass is 16.5. The molecular formula is C22H27NO4. The van der Waals surface area contributed by atoms with Crippen molar-refractivity contribution in [2.24, 2.45) is 17.8 Å². The van der Waals surface area contributed by atoms with Crippen molar-refractivity contribution in [3.05, 3.63) is 29.8 Å². The van der Waals surface area contributed by atoms with Gasteiger partial charge in [0.25, 0.3) is 5.91 Å². The predicted octanol–water partition coefficient (Wildman–Crippen LogP) is 3.29. The molecule has 1 amide bonds. The molecule has 0 saturated heterocycles. The minimum atomic E-state index is -0.816. The van der Waals surface area contributed by atoms with E-state index >= 15 is 0 Å². The summed E-state index contributed by atoms with van der Waals surface area (Å²) < 4.78 is 5.59. The van der Waals surface area contributed by atoms with E-state index in [4.69, 9.17) is 4.74 Å². The Morgan fingerprint density at radius 3 is 2.52 bits per heavy atom. The van der Waals surface area contributed by atoms with Crippen LogP contribution in [0.1, 0.15) is 51.5 Å². The number of hydrogen-bond donors (Lipinski definition) is 0. The summed E-state index contributed by atoms with van der Waals surface area (Å²) in [6, 6.07) is 7.94. The molecule has 2 fully saturated rings. The zero-order valence-corrected chi connectivity index (χ0v) is 16.0. The van der Waals surface area contributed by atoms with Crippen LogP contribution >= 0.6 is 0 Å². The minimum Gasteiger partial charge on any atom is -0.452 e. The maximum atomic E-state index is 13.0. The Hall–Kier alpha value is -2.17. The molecule has 4 rings (SSSR count). The average Bonchev–Trinajstić information content (AvgIpc) is 2.96. The number of para-hydroxylation sites is 1. The maximum absolute atomic E-state index is 13.0. The van der Waals surface area contributed by atoms with Gasteiger partial charge in [0.2, 0.25) is 0 Å². The SMILES string of the molecule is CC(OC(=O)C1CC2CCCC(C1)C2=O)C(=O)N1c2ccccc2CC1C. The molecule has 4 atom stereocenters. The number of carbonyl (C=O) groups is 3. The van der Waals surface area contributed by atoms with E-state index in [2.05, 4.69) is 0 Å². The molecule has 2 bridgehead atoms. The summed E-state index contributed by atoms with van der Waals surface area (Å²) in [5.41, 5.74) is 2.06. The van der Waals surface area contributed by atoms with Crippen LogP contribution in [-0.4, -0.2) is 29.8 Å². The lowest BCUT2D eigenvalue weighted by atomic mass is 9.67. The minimum absolute atomic E-state index is 0.00605. The summed E-state index contributed by atoms with van der Waals surface area (Å²) in [7, 11) is 0. The molecule has 1 aromatic carbocycles. The van der Waals surface area contributed by atoms with E-state index in [1.807, 2.05) is 31.2 Å². The monoisotopic (exact) mass is 369 g/mol. The van der Waals surface area contributed by atoms with Crippen molar-refractivity contribution in [3.8, 4) is 0 Å². The van der Waals surface area contributed by atoms with Crippen LogP contribution in [0.3, 0.4) is 0 Å². The van der Waals surface area contributed by atoms with Crippen LogP contribution in [0.5, 0.6) is 0 Å². The van der Waals surface area contributed by atoms with Crippen LogP contribution < -0.4 is 4.90 Å². The zero-order valence-electron chi connectivity index (χ0n) is 16.0. The van der Waals surface area contributed by atoms with E-state index < -0.39 is 6.10 Å². The highest BCUT2D eigenvalue weighted by Crippen LogP contribution is 2.40. The van der Waals surface area contributed by atoms with Gasteiger partial charge in [0.1, 0.15) is 5.78 Å². The van der Waals surface area contributed by atoms with Crippen molar-refractivity contribution in [2.45, 2.75) is 64.5 Å². The van der Waals surface area contributed by atoms with E-state index in [1.54, 1.807) is 11.8 Å². The molecule has 1 aliphatic heterocycles. The Morgan fingerprint density at radius 2 is 1.81 bits per heavy atom. The van der Waals surface area contributed by atoms with Gasteiger partial charge in [-0.3, -0.25) is 14.4 Å². The summed E-state index contributed by atoms with van der Waals surface area (Å²) >= 11 is 0. The van der Waals surface area contributed by atoms with Gasteiger partial charge in [0, 0.05) is 23.6 Å². The molecule has 0 N–H and O–H groups in total. The highest BCUT2D eigenvalue weighted by Gasteiger charge is 2.43. The first-order chi connectivity index (χ1) is 13.0. The van der Waals surface area contributed by atoms with E-state index in [1.165, 1.54) is 0 Å². The van der Waals surface area contributed by atoms with Crippen molar-refractivity contribution in [1.82, 2.24) is 0 Å². The Bertz CT molecular complexity index is 757. The second-order valence-electron chi connectivity index (χ2n) is 8.36. The number of Topliss-reactive ketones (excluding diaryl/α,β-unsaturated/α-hetero) is 1. The fourth-order valence-corrected chi connectivity index (χ4v) is 5.09. The smallest absolute Gasteiger partial charge is 0.309 e. The van der Waals surface area contributed by atoms with Crippen LogP contribution in [-0.2, 0) is 25.5 Å². The van der Waals surface area contributed by atoms with Crippen molar-refractivity contribution >= 4 is 23.3 Å². The number of esters is 1. The van der Waals surface area contributed by atoms with Gasteiger partial charge in [-0.2, -0.15) is 0 Å². The fourth-order valence-electron chi connectivity index (χ4n) is 5.09. The molecule has 0 spiro atoms. The summed E-state index contributed by atoms with van der Waals surface area (Å²) in [6.45, 7) is 3.67. The van der Waals surface area contributed by atoms with Crippen LogP contribution in [0.25, 0.3) is 0 Å². The number of benzene rings is 1. The van der Waals surface area contributed by atoms with Gasteiger partial charge in [-0.15, -0.1) is 0 Å². The number of ketones is 1. The van der Waals surface area contributed by atoms with Gasteiger partial charge in [-0.05, 0) is 57.6 Å². The standard InChI is InChI=1S/C22H27NO4/c1-13-10-15-6-3-4-9-19(15)23(13)21(25)14(2)27-22(26)18-11-16-7-5-8-17(12-18)20(16)24/h3-4,6,9,13-14,16-18H,5,7-8,10-12H2,1-2H3. The van der Waals surface area contributed by atoms with Gasteiger partial charge in [0.05, 0.1) is 5.92 Å². The molecule has 3 aliphatic rings. The Labute approximate surface area is 160 Å². The first-order valence-electron chi connectivity index (χ1n) is 10.1. The zero-order chi connectivity index (χ0) is 19.1. The number of rotatable bonds is 3. The number of fused-ring (bicyclic) bond motifs is 3. The molecule has 0 aromatic heterocycles. The normalized spacial score (nSPS) is 30.6. The summed E-state index contributed by atoms with van der Waals surface area (Å²) in [4.78, 5) is 39.6. The molecule has 2 saturated carbocycles. The fraction of sp³-hybridized carbons (Fsp3) is 0.591. The Morgan fingerprint density at radius 1 is 1.15 bits per heavy atom. The van der Waals surface area contributed by atoms with E-state index in [0.717, 1.165) is 36.9 Å². The first kappa shape index (κ1) is 18.2. The summed E-state index contributed by atoms with van der Waals surface area (Å²) in [6.07, 6.45) is 4.01. The molecular weight excluding hydrogens is 342 g/mol. The van der Waals surface area contributed by atoms with Crippen molar-refractivity contribution < 1.29 is 19.1 Å². The second-order valence-corrected chi connectivity index (χ2v) is 8.36. The molecule has 1 aromatic rings. The molecule has 27 heavy (non-hydrogen) atoms. The van der Waals surface area contributed by atoms with Crippen LogP contribution in [0, 0.1) is 17.8 Å². The summed E-state index contributed by atoms with van der Waals surface area (Å²) in [5.74, 6) is -0.403. The predicted molar refractivity (Wildman–Crippen MR) is 101 cm³/mol. The molecule has 144 valence electrons. The molecule has 4 unspecified atom stereocenters. The van der Waals surface area contributed by atoms with E-state index in [0.29, 0.717) is 18.6 Å². The third-order valence-corrected chi connectivity index (χ3v) is 6.47. The maximum Gasteiger partial charge on any atom is 0.309 e. The molecule has 5 heteroatoms. The third-order valence-electron chi connectivity index (χ3n) is 6.47. The van der Waals surface area contributed by atoms with Gasteiger partial charge < -0.3 is 9.64 Å². The van der Waals surface area contributed by atoms with Gasteiger partial charge >= 0.3 is 5.97 Å². The Balaban J connectivity index is 1.42. The van der Waals surface area contributed by atoms with Crippen molar-refractivity contribution in [2.75, 3.05) is 4.90 Å². The highest BCUT2D eigenvalue weighted by molar-refractivity contribution is 5.99. The molecule has 1 heterocycles. The van der Waals surface area contributed by atoms with Gasteiger partial charge in [-0.25, -0.2) is 0 Å². The molecule has 0 radical (unpaired) electrons. The van der Waals surface area contributed by atoms with E-state index in [-0.39, 0.29) is 35.7 Å². The average molecular weight is 369 g/mol. The lowest BCUT2D eigenvalue weighted by molar-refractivity contribution is -0.161. The Kier molecular flexibility index (Phi) is 4.79. The topological polar surface area (TPSA) is 63.7 Å². The van der Waals surface area contributed by atoms with Crippen LogP contribution in [0.2, 0.25) is 0 Å². The largest absolute Gasteiger partial charge is 0.452 e. The van der Waals surface area contributed by atoms with Crippen LogP contribution in [0.4, 0.5) is 5.69 Å². The van der Waals surface area contributed by atoms with E-state index in [9.17, 15) is 14.4 Å². The number of anilines is 1. The number of nitrogens with zero attached hydrogens (tertiary/aromatic N) is 1. The van der Waals surface area contributed by atoms with Gasteiger partial charge in [-0.1, -0.05) is 24.6 Å². The second kappa shape index (κ2) is 7.10. The summed E-state index contributed by atoms with van der Waals surface area (Å²) in [5, 5.41) is 0. The number of ether oxygens (including phenoxy) is 1. The third kappa shape index (κ3) is 3.28. The lowest BCUT2D eigenvalue weighted by Crippen LogP contribution is -2.45. The van der Waals surface area contributed by atoms with Crippen molar-refractivity contribution in [3.63, 3.8) is 0 Å². The van der Waals surface area contributed by atoms with Crippen LogP contribution in [0.15, 0.2) is 24.3 Å². The first-order valence-corrected chi connectivity index (χ1v) is 10.1. The number of amides is 1. The number of hydrogen-bond acceptors (Lipinski definition) is 4. The quantitative estimate of drug-likeness (QED) is 0.767. The molecule has 2 aliphatic carbocycles. The molecule has 5 nitrogen and oxygen atoms in total.